The van der Waals surface area contributed by atoms with Gasteiger partial charge in [0.2, 0.25) is 0 Å². The zero-order valence-electron chi connectivity index (χ0n) is 15.1. The van der Waals surface area contributed by atoms with Crippen LogP contribution >= 0.6 is 0 Å². The number of hydrogen-bond donors (Lipinski definition) is 2. The predicted molar refractivity (Wildman–Crippen MR) is 93.6 cm³/mol. The van der Waals surface area contributed by atoms with Crippen molar-refractivity contribution in [2.75, 3.05) is 26.8 Å². The molecule has 2 amide bonds. The van der Waals surface area contributed by atoms with Gasteiger partial charge in [-0.15, -0.1) is 0 Å². The van der Waals surface area contributed by atoms with Crippen molar-refractivity contribution in [1.82, 2.24) is 15.5 Å². The second-order valence-electron chi connectivity index (χ2n) is 7.43. The molecule has 0 aromatic carbocycles. The van der Waals surface area contributed by atoms with Crippen LogP contribution in [0.1, 0.15) is 58.8 Å². The van der Waals surface area contributed by atoms with E-state index in [1.54, 1.807) is 7.11 Å². The van der Waals surface area contributed by atoms with Gasteiger partial charge >= 0.3 is 6.03 Å². The fraction of sp³-hybridized carbons (Fsp3) is 0.944. The van der Waals surface area contributed by atoms with E-state index in [-0.39, 0.29) is 6.03 Å². The first-order valence-electron chi connectivity index (χ1n) is 9.40. The highest BCUT2D eigenvalue weighted by molar-refractivity contribution is 5.74. The Morgan fingerprint density at radius 1 is 1.09 bits per heavy atom. The maximum atomic E-state index is 12.4. The Hall–Kier alpha value is -0.810. The molecule has 1 saturated heterocycles. The molecule has 1 saturated carbocycles. The highest BCUT2D eigenvalue weighted by atomic mass is 16.5. The summed E-state index contributed by atoms with van der Waals surface area (Å²) in [5.41, 5.74) is 0. The number of hydrogen-bond acceptors (Lipinski definition) is 3. The molecule has 2 rings (SSSR count). The van der Waals surface area contributed by atoms with Gasteiger partial charge < -0.3 is 20.3 Å². The lowest BCUT2D eigenvalue weighted by atomic mass is 9.95. The molecule has 2 aliphatic rings. The van der Waals surface area contributed by atoms with Crippen LogP contribution in [0.4, 0.5) is 4.79 Å². The van der Waals surface area contributed by atoms with Crippen molar-refractivity contribution in [2.45, 2.75) is 76.9 Å². The van der Waals surface area contributed by atoms with Crippen LogP contribution in [0.3, 0.4) is 0 Å². The van der Waals surface area contributed by atoms with E-state index in [0.29, 0.717) is 24.0 Å². The third kappa shape index (κ3) is 5.96. The van der Waals surface area contributed by atoms with Gasteiger partial charge in [-0.1, -0.05) is 26.2 Å². The minimum Gasteiger partial charge on any atom is -0.384 e. The third-order valence-corrected chi connectivity index (χ3v) is 5.50. The minimum absolute atomic E-state index is 0.149. The maximum absolute atomic E-state index is 12.4. The average Bonchev–Trinajstić information content (AvgIpc) is 2.56. The summed E-state index contributed by atoms with van der Waals surface area (Å²) in [4.78, 5) is 14.4. The molecule has 0 unspecified atom stereocenters. The molecule has 23 heavy (non-hydrogen) atoms. The predicted octanol–water partition coefficient (Wildman–Crippen LogP) is 2.75. The van der Waals surface area contributed by atoms with Crippen molar-refractivity contribution < 1.29 is 9.53 Å². The summed E-state index contributed by atoms with van der Waals surface area (Å²) in [5.74, 6) is 0.507. The van der Waals surface area contributed by atoms with Gasteiger partial charge in [0.15, 0.2) is 0 Å². The molecule has 134 valence electrons. The second kappa shape index (κ2) is 9.48. The number of rotatable bonds is 6. The molecule has 2 N–H and O–H groups in total. The van der Waals surface area contributed by atoms with E-state index in [9.17, 15) is 4.79 Å². The Morgan fingerprint density at radius 3 is 2.35 bits per heavy atom. The Balaban J connectivity index is 1.67. The Kier molecular flexibility index (Phi) is 7.63. The Morgan fingerprint density at radius 2 is 1.74 bits per heavy atom. The van der Waals surface area contributed by atoms with Crippen molar-refractivity contribution >= 4 is 6.03 Å². The fourth-order valence-electron chi connectivity index (χ4n) is 3.71. The van der Waals surface area contributed by atoms with Gasteiger partial charge in [0, 0.05) is 38.3 Å². The molecular weight excluding hydrogens is 290 g/mol. The van der Waals surface area contributed by atoms with Gasteiger partial charge in [0.25, 0.3) is 0 Å². The van der Waals surface area contributed by atoms with E-state index in [4.69, 9.17) is 4.74 Å². The number of amides is 2. The van der Waals surface area contributed by atoms with Crippen LogP contribution in [-0.2, 0) is 4.74 Å². The molecule has 5 heteroatoms. The van der Waals surface area contributed by atoms with Crippen molar-refractivity contribution in [3.8, 4) is 0 Å². The molecule has 1 aliphatic heterocycles. The number of piperidine rings is 1. The van der Waals surface area contributed by atoms with Gasteiger partial charge in [0.05, 0.1) is 6.61 Å². The summed E-state index contributed by atoms with van der Waals surface area (Å²) in [6.07, 6.45) is 8.23. The smallest absolute Gasteiger partial charge is 0.317 e. The van der Waals surface area contributed by atoms with E-state index in [2.05, 4.69) is 24.5 Å². The maximum Gasteiger partial charge on any atom is 0.317 e. The summed E-state index contributed by atoms with van der Waals surface area (Å²) in [5, 5.41) is 6.94. The van der Waals surface area contributed by atoms with E-state index >= 15 is 0 Å². The van der Waals surface area contributed by atoms with Gasteiger partial charge in [-0.05, 0) is 38.5 Å². The molecule has 0 aromatic heterocycles. The van der Waals surface area contributed by atoms with Crippen molar-refractivity contribution in [3.05, 3.63) is 0 Å². The van der Waals surface area contributed by atoms with Gasteiger partial charge in [0.1, 0.15) is 0 Å². The molecule has 1 heterocycles. The van der Waals surface area contributed by atoms with Crippen molar-refractivity contribution in [1.29, 1.82) is 0 Å². The molecule has 2 fully saturated rings. The molecule has 1 aliphatic carbocycles. The van der Waals surface area contributed by atoms with Crippen LogP contribution in [0.25, 0.3) is 0 Å². The number of methoxy groups -OCH3 is 1. The monoisotopic (exact) mass is 325 g/mol. The van der Waals surface area contributed by atoms with Gasteiger partial charge in [-0.2, -0.15) is 0 Å². The topological polar surface area (TPSA) is 53.6 Å². The number of likely N-dealkylation sites (tertiary alicyclic amines) is 1. The summed E-state index contributed by atoms with van der Waals surface area (Å²) >= 11 is 0. The lowest BCUT2D eigenvalue weighted by Crippen LogP contribution is -2.52. The molecular formula is C18H35N3O2. The SMILES string of the molecule is COC[C@@H](C)[C@H](C)NC1CCN(C(=O)NC2CCCCC2)CC1. The number of ether oxygens (including phenoxy) is 1. The Bertz CT molecular complexity index is 350. The number of urea groups is 1. The minimum atomic E-state index is 0.149. The summed E-state index contributed by atoms with van der Waals surface area (Å²) < 4.78 is 5.23. The normalized spacial score (nSPS) is 23.5. The second-order valence-corrected chi connectivity index (χ2v) is 7.43. The van der Waals surface area contributed by atoms with Crippen molar-refractivity contribution in [3.63, 3.8) is 0 Å². The summed E-state index contributed by atoms with van der Waals surface area (Å²) in [6.45, 7) is 6.96. The largest absolute Gasteiger partial charge is 0.384 e. The number of carbonyl (C=O) groups is 1. The van der Waals surface area contributed by atoms with Crippen LogP contribution in [0.2, 0.25) is 0 Å². The van der Waals surface area contributed by atoms with E-state index in [1.807, 2.05) is 4.90 Å². The fourth-order valence-corrected chi connectivity index (χ4v) is 3.71. The van der Waals surface area contributed by atoms with E-state index in [1.165, 1.54) is 19.3 Å². The van der Waals surface area contributed by atoms with Crippen LogP contribution < -0.4 is 10.6 Å². The molecule has 0 spiro atoms. The van der Waals surface area contributed by atoms with Crippen molar-refractivity contribution in [2.24, 2.45) is 5.92 Å². The highest BCUT2D eigenvalue weighted by Crippen LogP contribution is 2.18. The van der Waals surface area contributed by atoms with Crippen LogP contribution in [-0.4, -0.2) is 55.9 Å². The molecule has 0 bridgehead atoms. The molecule has 0 radical (unpaired) electrons. The van der Waals surface area contributed by atoms with Gasteiger partial charge in [-0.3, -0.25) is 0 Å². The standard InChI is InChI=1S/C18H35N3O2/c1-14(13-23-3)15(2)19-17-9-11-21(12-10-17)18(22)20-16-7-5-4-6-8-16/h14-17,19H,4-13H2,1-3H3,(H,20,22)/t14-,15+/m1/s1. The zero-order valence-corrected chi connectivity index (χ0v) is 15.1. The highest BCUT2D eigenvalue weighted by Gasteiger charge is 2.26. The average molecular weight is 325 g/mol. The first-order chi connectivity index (χ1) is 11.1. The quantitative estimate of drug-likeness (QED) is 0.789. The molecule has 5 nitrogen and oxygen atoms in total. The third-order valence-electron chi connectivity index (χ3n) is 5.50. The lowest BCUT2D eigenvalue weighted by Gasteiger charge is -2.36. The number of nitrogens with one attached hydrogen (secondary N) is 2. The van der Waals surface area contributed by atoms with E-state index in [0.717, 1.165) is 45.4 Å². The first kappa shape index (κ1) is 18.5. The Labute approximate surface area is 141 Å². The zero-order chi connectivity index (χ0) is 16.7. The van der Waals surface area contributed by atoms with Crippen LogP contribution in [0.5, 0.6) is 0 Å². The van der Waals surface area contributed by atoms with Crippen LogP contribution in [0, 0.1) is 5.92 Å². The lowest BCUT2D eigenvalue weighted by molar-refractivity contribution is 0.131. The van der Waals surface area contributed by atoms with E-state index < -0.39 is 0 Å². The van der Waals surface area contributed by atoms with Gasteiger partial charge in [-0.25, -0.2) is 4.79 Å². The number of carbonyl (C=O) groups excluding carboxylic acids is 1. The molecule has 0 aromatic rings. The first-order valence-corrected chi connectivity index (χ1v) is 9.40. The number of nitrogens with zero attached hydrogens (tertiary/aromatic N) is 1. The van der Waals surface area contributed by atoms with Crippen LogP contribution in [0.15, 0.2) is 0 Å². The molecule has 2 atom stereocenters. The summed E-state index contributed by atoms with van der Waals surface area (Å²) in [7, 11) is 1.76. The summed E-state index contributed by atoms with van der Waals surface area (Å²) in [6, 6.07) is 1.52.